The number of rotatable bonds is 6. The van der Waals surface area contributed by atoms with E-state index in [0.29, 0.717) is 22.6 Å². The minimum absolute atomic E-state index is 0.0480. The van der Waals surface area contributed by atoms with Crippen LogP contribution in [0.1, 0.15) is 16.7 Å². The average Bonchev–Trinajstić information content (AvgIpc) is 2.83. The van der Waals surface area contributed by atoms with Gasteiger partial charge in [-0.15, -0.1) is 0 Å². The Bertz CT molecular complexity index is 1460. The number of barbiturate groups is 1. The molecule has 0 aliphatic carbocycles. The molecule has 3 aromatic rings. The summed E-state index contributed by atoms with van der Waals surface area (Å²) in [5.41, 5.74) is 1.86. The van der Waals surface area contributed by atoms with Crippen molar-refractivity contribution in [3.05, 3.63) is 103 Å². The first-order valence-electron chi connectivity index (χ1n) is 10.5. The van der Waals surface area contributed by atoms with Crippen LogP contribution in [0.15, 0.2) is 70.7 Å². The Balaban J connectivity index is 1.55. The van der Waals surface area contributed by atoms with Crippen LogP contribution in [0, 0.1) is 17.0 Å². The molecule has 3 aromatic carbocycles. The van der Waals surface area contributed by atoms with E-state index in [2.05, 4.69) is 21.2 Å². The maximum absolute atomic E-state index is 13.1. The first-order chi connectivity index (χ1) is 17.1. The normalized spacial score (nSPS) is 14.7. The van der Waals surface area contributed by atoms with Crippen LogP contribution in [0.5, 0.6) is 5.75 Å². The molecule has 0 unspecified atom stereocenters. The van der Waals surface area contributed by atoms with E-state index in [1.165, 1.54) is 24.3 Å². The minimum Gasteiger partial charge on any atom is -0.487 e. The number of aryl methyl sites for hydroxylation is 1. The van der Waals surface area contributed by atoms with Gasteiger partial charge in [0.25, 0.3) is 17.5 Å². The Morgan fingerprint density at radius 1 is 1.11 bits per heavy atom. The lowest BCUT2D eigenvalue weighted by Gasteiger charge is -2.26. The van der Waals surface area contributed by atoms with Crippen LogP contribution in [0.25, 0.3) is 6.08 Å². The summed E-state index contributed by atoms with van der Waals surface area (Å²) < 4.78 is 6.49. The molecule has 0 bridgehead atoms. The molecule has 1 fully saturated rings. The number of nitrogens with one attached hydrogen (secondary N) is 1. The van der Waals surface area contributed by atoms with E-state index < -0.39 is 22.8 Å². The first-order valence-corrected chi connectivity index (χ1v) is 11.6. The van der Waals surface area contributed by atoms with Crippen molar-refractivity contribution in [1.82, 2.24) is 5.32 Å². The molecule has 11 heteroatoms. The molecule has 36 heavy (non-hydrogen) atoms. The van der Waals surface area contributed by atoms with E-state index >= 15 is 0 Å². The zero-order valence-corrected chi connectivity index (χ0v) is 21.0. The smallest absolute Gasteiger partial charge is 0.335 e. The number of hydrogen-bond acceptors (Lipinski definition) is 6. The first kappa shape index (κ1) is 25.1. The number of amides is 4. The van der Waals surface area contributed by atoms with Crippen LogP contribution in [-0.4, -0.2) is 22.8 Å². The Hall–Kier alpha value is -4.02. The Morgan fingerprint density at radius 3 is 2.58 bits per heavy atom. The number of carbonyl (C=O) groups is 3. The van der Waals surface area contributed by atoms with Gasteiger partial charge in [-0.1, -0.05) is 45.7 Å². The summed E-state index contributed by atoms with van der Waals surface area (Å²) in [5, 5.41) is 13.3. The number of non-ortho nitro benzene ring substituents is 1. The third-order valence-corrected chi connectivity index (χ3v) is 6.47. The van der Waals surface area contributed by atoms with Gasteiger partial charge in [0.1, 0.15) is 17.9 Å². The third-order valence-electron chi connectivity index (χ3n) is 5.28. The quantitative estimate of drug-likeness (QED) is 0.179. The van der Waals surface area contributed by atoms with Gasteiger partial charge in [-0.25, -0.2) is 9.69 Å². The zero-order valence-electron chi connectivity index (χ0n) is 18.7. The van der Waals surface area contributed by atoms with Gasteiger partial charge in [0.15, 0.2) is 0 Å². The SMILES string of the molecule is Cc1cc(N2C(=O)NC(=O)/C(=C/c3ccc(OCc4cccc([N+](=O)[O-])c4)c(Cl)c3)C2=O)ccc1Br. The molecular formula is C25H17BrClN3O6. The monoisotopic (exact) mass is 569 g/mol. The maximum atomic E-state index is 13.1. The molecule has 4 amide bonds. The summed E-state index contributed by atoms with van der Waals surface area (Å²) in [4.78, 5) is 49.3. The van der Waals surface area contributed by atoms with Gasteiger partial charge in [-0.3, -0.25) is 25.0 Å². The molecule has 1 aliphatic rings. The van der Waals surface area contributed by atoms with Crippen molar-refractivity contribution in [2.75, 3.05) is 4.90 Å². The van der Waals surface area contributed by atoms with Crippen molar-refractivity contribution in [2.24, 2.45) is 0 Å². The summed E-state index contributed by atoms with van der Waals surface area (Å²) in [6, 6.07) is 14.8. The number of anilines is 1. The number of urea groups is 1. The summed E-state index contributed by atoms with van der Waals surface area (Å²) in [6.45, 7) is 1.86. The molecule has 1 saturated heterocycles. The van der Waals surface area contributed by atoms with Crippen LogP contribution < -0.4 is 15.0 Å². The van der Waals surface area contributed by atoms with Crippen LogP contribution in [0.4, 0.5) is 16.2 Å². The van der Waals surface area contributed by atoms with Crippen molar-refractivity contribution in [2.45, 2.75) is 13.5 Å². The topological polar surface area (TPSA) is 119 Å². The summed E-state index contributed by atoms with van der Waals surface area (Å²) in [6.07, 6.45) is 1.33. The van der Waals surface area contributed by atoms with Gasteiger partial charge in [0.2, 0.25) is 0 Å². The van der Waals surface area contributed by atoms with Crippen LogP contribution in [-0.2, 0) is 16.2 Å². The van der Waals surface area contributed by atoms with E-state index in [4.69, 9.17) is 16.3 Å². The summed E-state index contributed by atoms with van der Waals surface area (Å²) in [5.74, 6) is -1.28. The van der Waals surface area contributed by atoms with E-state index in [1.54, 1.807) is 42.5 Å². The molecule has 1 N–H and O–H groups in total. The second kappa shape index (κ2) is 10.3. The fraction of sp³-hybridized carbons (Fsp3) is 0.0800. The highest BCUT2D eigenvalue weighted by Gasteiger charge is 2.37. The minimum atomic E-state index is -0.841. The molecule has 4 rings (SSSR count). The van der Waals surface area contributed by atoms with Gasteiger partial charge >= 0.3 is 6.03 Å². The van der Waals surface area contributed by atoms with Gasteiger partial charge in [0.05, 0.1) is 15.6 Å². The van der Waals surface area contributed by atoms with Crippen molar-refractivity contribution in [3.8, 4) is 5.75 Å². The molecule has 9 nitrogen and oxygen atoms in total. The average molecular weight is 571 g/mol. The molecule has 1 aliphatic heterocycles. The molecule has 0 spiro atoms. The maximum Gasteiger partial charge on any atom is 0.335 e. The summed E-state index contributed by atoms with van der Waals surface area (Å²) in [7, 11) is 0. The molecule has 0 atom stereocenters. The van der Waals surface area contributed by atoms with Crippen LogP contribution >= 0.6 is 27.5 Å². The highest BCUT2D eigenvalue weighted by molar-refractivity contribution is 9.10. The Labute approximate surface area is 218 Å². The van der Waals surface area contributed by atoms with Crippen molar-refractivity contribution < 1.29 is 24.0 Å². The van der Waals surface area contributed by atoms with E-state index in [0.717, 1.165) is 14.9 Å². The third kappa shape index (κ3) is 5.29. The van der Waals surface area contributed by atoms with E-state index in [-0.39, 0.29) is 22.9 Å². The van der Waals surface area contributed by atoms with Crippen molar-refractivity contribution in [1.29, 1.82) is 0 Å². The van der Waals surface area contributed by atoms with Gasteiger partial charge in [0, 0.05) is 16.6 Å². The number of carbonyl (C=O) groups excluding carboxylic acids is 3. The number of hydrogen-bond donors (Lipinski definition) is 1. The van der Waals surface area contributed by atoms with Crippen LogP contribution in [0.3, 0.4) is 0 Å². The Kier molecular flexibility index (Phi) is 7.18. The number of halogens is 2. The highest BCUT2D eigenvalue weighted by atomic mass is 79.9. The predicted molar refractivity (Wildman–Crippen MR) is 137 cm³/mol. The number of nitro benzene ring substituents is 1. The lowest BCUT2D eigenvalue weighted by molar-refractivity contribution is -0.384. The molecular weight excluding hydrogens is 554 g/mol. The predicted octanol–water partition coefficient (Wildman–Crippen LogP) is 5.56. The van der Waals surface area contributed by atoms with E-state index in [1.807, 2.05) is 6.92 Å². The fourth-order valence-electron chi connectivity index (χ4n) is 3.47. The number of ether oxygens (including phenoxy) is 1. The van der Waals surface area contributed by atoms with Gasteiger partial charge in [-0.2, -0.15) is 0 Å². The zero-order chi connectivity index (χ0) is 26.0. The second-order valence-electron chi connectivity index (χ2n) is 7.80. The standard InChI is InChI=1S/C25H17BrClN3O6/c1-14-9-17(6-7-20(14)26)29-24(32)19(23(31)28-25(29)33)11-15-5-8-22(21(27)12-15)36-13-16-3-2-4-18(10-16)30(34)35/h2-12H,13H2,1H3,(H,28,31,33)/b19-11-. The fourth-order valence-corrected chi connectivity index (χ4v) is 3.96. The Morgan fingerprint density at radius 2 is 1.89 bits per heavy atom. The summed E-state index contributed by atoms with van der Waals surface area (Å²) >= 11 is 9.71. The second-order valence-corrected chi connectivity index (χ2v) is 9.06. The molecule has 1 heterocycles. The van der Waals surface area contributed by atoms with Crippen molar-refractivity contribution in [3.63, 3.8) is 0 Å². The molecule has 0 saturated carbocycles. The van der Waals surface area contributed by atoms with Crippen LogP contribution in [0.2, 0.25) is 5.02 Å². The van der Waals surface area contributed by atoms with Crippen molar-refractivity contribution >= 4 is 62.8 Å². The van der Waals surface area contributed by atoms with E-state index in [9.17, 15) is 24.5 Å². The van der Waals surface area contributed by atoms with Gasteiger partial charge in [-0.05, 0) is 60.0 Å². The lowest BCUT2D eigenvalue weighted by atomic mass is 10.1. The molecule has 0 aromatic heterocycles. The number of imide groups is 2. The molecule has 182 valence electrons. The number of nitro groups is 1. The number of benzene rings is 3. The number of nitrogens with zero attached hydrogens (tertiary/aromatic N) is 2. The largest absolute Gasteiger partial charge is 0.487 e. The van der Waals surface area contributed by atoms with Gasteiger partial charge < -0.3 is 4.74 Å². The molecule has 0 radical (unpaired) electrons. The highest BCUT2D eigenvalue weighted by Crippen LogP contribution is 2.30. The lowest BCUT2D eigenvalue weighted by Crippen LogP contribution is -2.54.